The van der Waals surface area contributed by atoms with Gasteiger partial charge in [0.05, 0.1) is 6.61 Å². The van der Waals surface area contributed by atoms with Crippen molar-refractivity contribution in [3.8, 4) is 16.9 Å². The lowest BCUT2D eigenvalue weighted by atomic mass is 10.0. The van der Waals surface area contributed by atoms with Crippen LogP contribution < -0.4 is 10.1 Å². The molecule has 0 bridgehead atoms. The SMILES string of the molecule is CCCOc1ccc(-c2ccc(CNC(C)C)cc2)cc1. The highest BCUT2D eigenvalue weighted by atomic mass is 16.5. The Morgan fingerprint density at radius 2 is 1.48 bits per heavy atom. The number of rotatable bonds is 7. The van der Waals surface area contributed by atoms with Crippen LogP contribution in [-0.4, -0.2) is 12.6 Å². The fourth-order valence-corrected chi connectivity index (χ4v) is 2.10. The van der Waals surface area contributed by atoms with E-state index in [1.54, 1.807) is 0 Å². The Balaban J connectivity index is 2.01. The molecule has 21 heavy (non-hydrogen) atoms. The summed E-state index contributed by atoms with van der Waals surface area (Å²) in [5.41, 5.74) is 3.78. The van der Waals surface area contributed by atoms with Crippen molar-refractivity contribution in [2.24, 2.45) is 0 Å². The van der Waals surface area contributed by atoms with Crippen molar-refractivity contribution >= 4 is 0 Å². The van der Waals surface area contributed by atoms with Gasteiger partial charge in [-0.3, -0.25) is 0 Å². The summed E-state index contributed by atoms with van der Waals surface area (Å²) in [4.78, 5) is 0. The van der Waals surface area contributed by atoms with Gasteiger partial charge in [-0.2, -0.15) is 0 Å². The van der Waals surface area contributed by atoms with Crippen LogP contribution in [0, 0.1) is 0 Å². The molecule has 0 aliphatic heterocycles. The average molecular weight is 283 g/mol. The van der Waals surface area contributed by atoms with Crippen LogP contribution in [0.4, 0.5) is 0 Å². The van der Waals surface area contributed by atoms with E-state index < -0.39 is 0 Å². The van der Waals surface area contributed by atoms with Gasteiger partial charge < -0.3 is 10.1 Å². The molecule has 2 aromatic carbocycles. The van der Waals surface area contributed by atoms with Crippen LogP contribution in [0.3, 0.4) is 0 Å². The van der Waals surface area contributed by atoms with Gasteiger partial charge in [0.2, 0.25) is 0 Å². The molecule has 0 aliphatic rings. The highest BCUT2D eigenvalue weighted by molar-refractivity contribution is 5.64. The summed E-state index contributed by atoms with van der Waals surface area (Å²) >= 11 is 0. The average Bonchev–Trinajstić information content (AvgIpc) is 2.52. The van der Waals surface area contributed by atoms with Gasteiger partial charge >= 0.3 is 0 Å². The molecule has 0 saturated heterocycles. The molecule has 112 valence electrons. The molecule has 1 N–H and O–H groups in total. The van der Waals surface area contributed by atoms with E-state index in [9.17, 15) is 0 Å². The summed E-state index contributed by atoms with van der Waals surface area (Å²) in [5, 5.41) is 3.43. The summed E-state index contributed by atoms with van der Waals surface area (Å²) < 4.78 is 5.61. The van der Waals surface area contributed by atoms with Crippen molar-refractivity contribution in [1.29, 1.82) is 0 Å². The summed E-state index contributed by atoms with van der Waals surface area (Å²) in [6.45, 7) is 8.13. The topological polar surface area (TPSA) is 21.3 Å². The highest BCUT2D eigenvalue weighted by Gasteiger charge is 2.00. The second-order valence-electron chi connectivity index (χ2n) is 5.61. The number of ether oxygens (including phenoxy) is 1. The van der Waals surface area contributed by atoms with Crippen molar-refractivity contribution in [2.45, 2.75) is 39.8 Å². The molecule has 0 fully saturated rings. The molecule has 0 spiro atoms. The first-order chi connectivity index (χ1) is 10.2. The molecule has 0 amide bonds. The Labute approximate surface area is 128 Å². The number of benzene rings is 2. The molecule has 2 aromatic rings. The van der Waals surface area contributed by atoms with Gasteiger partial charge in [0.15, 0.2) is 0 Å². The van der Waals surface area contributed by atoms with E-state index in [4.69, 9.17) is 4.74 Å². The first-order valence-corrected chi connectivity index (χ1v) is 7.74. The Morgan fingerprint density at radius 3 is 2.00 bits per heavy atom. The van der Waals surface area contributed by atoms with E-state index in [0.29, 0.717) is 6.04 Å². The van der Waals surface area contributed by atoms with Crippen molar-refractivity contribution < 1.29 is 4.74 Å². The first kappa shape index (κ1) is 15.6. The largest absolute Gasteiger partial charge is 0.494 e. The maximum Gasteiger partial charge on any atom is 0.119 e. The Morgan fingerprint density at radius 1 is 0.905 bits per heavy atom. The molecular weight excluding hydrogens is 258 g/mol. The second kappa shape index (κ2) is 7.84. The molecule has 2 rings (SSSR count). The van der Waals surface area contributed by atoms with Crippen molar-refractivity contribution in [3.05, 3.63) is 54.1 Å². The summed E-state index contributed by atoms with van der Waals surface area (Å²) in [6, 6.07) is 17.6. The Bertz CT molecular complexity index is 528. The number of hydrogen-bond acceptors (Lipinski definition) is 2. The Hall–Kier alpha value is -1.80. The molecule has 2 heteroatoms. The molecule has 0 heterocycles. The van der Waals surface area contributed by atoms with Crippen LogP contribution in [0.2, 0.25) is 0 Å². The fourth-order valence-electron chi connectivity index (χ4n) is 2.10. The number of hydrogen-bond donors (Lipinski definition) is 1. The monoisotopic (exact) mass is 283 g/mol. The predicted molar refractivity (Wildman–Crippen MR) is 89.6 cm³/mol. The van der Waals surface area contributed by atoms with Gasteiger partial charge in [0, 0.05) is 12.6 Å². The molecule has 0 radical (unpaired) electrons. The van der Waals surface area contributed by atoms with Crippen LogP contribution in [0.1, 0.15) is 32.8 Å². The van der Waals surface area contributed by atoms with Crippen LogP contribution in [0.25, 0.3) is 11.1 Å². The minimum absolute atomic E-state index is 0.514. The van der Waals surface area contributed by atoms with Crippen LogP contribution in [0.5, 0.6) is 5.75 Å². The normalized spacial score (nSPS) is 10.9. The molecule has 0 aromatic heterocycles. The zero-order valence-corrected chi connectivity index (χ0v) is 13.2. The van der Waals surface area contributed by atoms with Gasteiger partial charge in [0.25, 0.3) is 0 Å². The minimum Gasteiger partial charge on any atom is -0.494 e. The van der Waals surface area contributed by atoms with Crippen molar-refractivity contribution in [1.82, 2.24) is 5.32 Å². The van der Waals surface area contributed by atoms with Gasteiger partial charge in [0.1, 0.15) is 5.75 Å². The molecule has 0 atom stereocenters. The Kier molecular flexibility index (Phi) is 5.82. The van der Waals surface area contributed by atoms with E-state index in [1.807, 2.05) is 12.1 Å². The van der Waals surface area contributed by atoms with Crippen LogP contribution in [-0.2, 0) is 6.54 Å². The van der Waals surface area contributed by atoms with Gasteiger partial charge in [-0.25, -0.2) is 0 Å². The van der Waals surface area contributed by atoms with E-state index >= 15 is 0 Å². The molecule has 2 nitrogen and oxygen atoms in total. The lowest BCUT2D eigenvalue weighted by Crippen LogP contribution is -2.21. The van der Waals surface area contributed by atoms with Crippen LogP contribution in [0.15, 0.2) is 48.5 Å². The molecule has 0 saturated carbocycles. The smallest absolute Gasteiger partial charge is 0.119 e. The molecular formula is C19H25NO. The van der Waals surface area contributed by atoms with E-state index in [0.717, 1.165) is 25.3 Å². The van der Waals surface area contributed by atoms with E-state index in [-0.39, 0.29) is 0 Å². The summed E-state index contributed by atoms with van der Waals surface area (Å²) in [6.07, 6.45) is 1.04. The third-order valence-electron chi connectivity index (χ3n) is 3.33. The predicted octanol–water partition coefficient (Wildman–Crippen LogP) is 4.64. The maximum absolute atomic E-state index is 5.61. The fraction of sp³-hybridized carbons (Fsp3) is 0.368. The van der Waals surface area contributed by atoms with Crippen LogP contribution >= 0.6 is 0 Å². The van der Waals surface area contributed by atoms with Gasteiger partial charge in [-0.1, -0.05) is 57.2 Å². The maximum atomic E-state index is 5.61. The van der Waals surface area contributed by atoms with E-state index in [2.05, 4.69) is 62.5 Å². The molecule has 0 aliphatic carbocycles. The molecule has 0 unspecified atom stereocenters. The lowest BCUT2D eigenvalue weighted by Gasteiger charge is -2.09. The quantitative estimate of drug-likeness (QED) is 0.799. The zero-order valence-electron chi connectivity index (χ0n) is 13.2. The van der Waals surface area contributed by atoms with E-state index in [1.165, 1.54) is 16.7 Å². The third kappa shape index (κ3) is 4.91. The van der Waals surface area contributed by atoms with Gasteiger partial charge in [-0.05, 0) is 35.2 Å². The lowest BCUT2D eigenvalue weighted by molar-refractivity contribution is 0.317. The minimum atomic E-state index is 0.514. The standard InChI is InChI=1S/C19H25NO/c1-4-13-21-19-11-9-18(10-12-19)17-7-5-16(6-8-17)14-20-15(2)3/h5-12,15,20H,4,13-14H2,1-3H3. The number of nitrogens with one attached hydrogen (secondary N) is 1. The van der Waals surface area contributed by atoms with Gasteiger partial charge in [-0.15, -0.1) is 0 Å². The van der Waals surface area contributed by atoms with Crippen molar-refractivity contribution in [2.75, 3.05) is 6.61 Å². The summed E-state index contributed by atoms with van der Waals surface area (Å²) in [7, 11) is 0. The second-order valence-corrected chi connectivity index (χ2v) is 5.61. The summed E-state index contributed by atoms with van der Waals surface area (Å²) in [5.74, 6) is 0.943. The third-order valence-corrected chi connectivity index (χ3v) is 3.33. The first-order valence-electron chi connectivity index (χ1n) is 7.74. The zero-order chi connectivity index (χ0) is 15.1. The van der Waals surface area contributed by atoms with Crippen molar-refractivity contribution in [3.63, 3.8) is 0 Å². The highest BCUT2D eigenvalue weighted by Crippen LogP contribution is 2.23.